The van der Waals surface area contributed by atoms with E-state index in [0.29, 0.717) is 44.0 Å². The second-order valence-corrected chi connectivity index (χ2v) is 7.50. The lowest BCUT2D eigenvalue weighted by Crippen LogP contribution is -2.49. The molecule has 0 unspecified atom stereocenters. The van der Waals surface area contributed by atoms with E-state index in [0.717, 1.165) is 16.4 Å². The summed E-state index contributed by atoms with van der Waals surface area (Å²) in [5.41, 5.74) is 1.72. The molecule has 0 bridgehead atoms. The summed E-state index contributed by atoms with van der Waals surface area (Å²) in [6, 6.07) is 9.29. The Morgan fingerprint density at radius 2 is 2.03 bits per heavy atom. The average molecular weight is 411 g/mol. The number of amides is 1. The SMILES string of the molecule is CCOC(=O)c1ccc(N2CCN(C(=O)c3cc(-c4cccs4)[nH]n3)CC2)nc1. The van der Waals surface area contributed by atoms with Gasteiger partial charge in [0.25, 0.3) is 5.91 Å². The second kappa shape index (κ2) is 8.44. The van der Waals surface area contributed by atoms with Gasteiger partial charge in [0, 0.05) is 32.4 Å². The number of pyridine rings is 1. The summed E-state index contributed by atoms with van der Waals surface area (Å²) >= 11 is 1.60. The van der Waals surface area contributed by atoms with Crippen molar-refractivity contribution >= 4 is 29.0 Å². The van der Waals surface area contributed by atoms with Crippen LogP contribution in [-0.4, -0.2) is 64.7 Å². The van der Waals surface area contributed by atoms with E-state index in [1.165, 1.54) is 6.20 Å². The molecule has 9 heteroatoms. The van der Waals surface area contributed by atoms with Crippen LogP contribution in [0.3, 0.4) is 0 Å². The molecule has 1 saturated heterocycles. The summed E-state index contributed by atoms with van der Waals surface area (Å²) in [6.45, 7) is 4.61. The molecule has 4 heterocycles. The number of rotatable bonds is 5. The minimum Gasteiger partial charge on any atom is -0.462 e. The third kappa shape index (κ3) is 4.14. The van der Waals surface area contributed by atoms with E-state index >= 15 is 0 Å². The molecule has 1 N–H and O–H groups in total. The third-order valence-corrected chi connectivity index (χ3v) is 5.64. The van der Waals surface area contributed by atoms with Crippen LogP contribution in [0.25, 0.3) is 10.6 Å². The highest BCUT2D eigenvalue weighted by molar-refractivity contribution is 7.13. The van der Waals surface area contributed by atoms with Crippen molar-refractivity contribution in [2.45, 2.75) is 6.92 Å². The van der Waals surface area contributed by atoms with Gasteiger partial charge < -0.3 is 14.5 Å². The van der Waals surface area contributed by atoms with Gasteiger partial charge in [-0.2, -0.15) is 5.10 Å². The van der Waals surface area contributed by atoms with Gasteiger partial charge in [-0.1, -0.05) is 6.07 Å². The number of hydrogen-bond donors (Lipinski definition) is 1. The van der Waals surface area contributed by atoms with Crippen molar-refractivity contribution in [3.05, 3.63) is 53.2 Å². The van der Waals surface area contributed by atoms with E-state index < -0.39 is 0 Å². The monoisotopic (exact) mass is 411 g/mol. The first kappa shape index (κ1) is 19.1. The number of esters is 1. The van der Waals surface area contributed by atoms with Crippen LogP contribution in [0.2, 0.25) is 0 Å². The predicted octanol–water partition coefficient (Wildman–Crippen LogP) is 2.67. The summed E-state index contributed by atoms with van der Waals surface area (Å²) in [6.07, 6.45) is 1.53. The lowest BCUT2D eigenvalue weighted by Gasteiger charge is -2.35. The molecule has 0 aliphatic carbocycles. The number of anilines is 1. The van der Waals surface area contributed by atoms with Crippen LogP contribution in [0.5, 0.6) is 0 Å². The summed E-state index contributed by atoms with van der Waals surface area (Å²) in [7, 11) is 0. The Kier molecular flexibility index (Phi) is 5.57. The van der Waals surface area contributed by atoms with Crippen LogP contribution in [0.15, 0.2) is 41.9 Å². The number of aromatic nitrogens is 3. The Bertz CT molecular complexity index is 976. The maximum absolute atomic E-state index is 12.8. The molecule has 3 aromatic rings. The van der Waals surface area contributed by atoms with E-state index in [-0.39, 0.29) is 11.9 Å². The zero-order valence-corrected chi connectivity index (χ0v) is 16.8. The minimum atomic E-state index is -0.372. The number of carbonyl (C=O) groups excluding carboxylic acids is 2. The maximum atomic E-state index is 12.8. The summed E-state index contributed by atoms with van der Waals surface area (Å²) in [4.78, 5) is 33.8. The van der Waals surface area contributed by atoms with Gasteiger partial charge in [0.15, 0.2) is 5.69 Å². The second-order valence-electron chi connectivity index (χ2n) is 6.55. The topological polar surface area (TPSA) is 91.4 Å². The average Bonchev–Trinajstić information content (AvgIpc) is 3.45. The molecule has 0 spiro atoms. The number of H-pyrrole nitrogens is 1. The molecule has 0 aromatic carbocycles. The maximum Gasteiger partial charge on any atom is 0.339 e. The fourth-order valence-electron chi connectivity index (χ4n) is 3.20. The number of piperazine rings is 1. The molecule has 8 nitrogen and oxygen atoms in total. The fraction of sp³-hybridized carbons (Fsp3) is 0.300. The lowest BCUT2D eigenvalue weighted by molar-refractivity contribution is 0.0525. The van der Waals surface area contributed by atoms with Gasteiger partial charge in [-0.25, -0.2) is 9.78 Å². The highest BCUT2D eigenvalue weighted by Crippen LogP contribution is 2.23. The number of thiophene rings is 1. The zero-order valence-electron chi connectivity index (χ0n) is 16.0. The van der Waals surface area contributed by atoms with E-state index in [9.17, 15) is 9.59 Å². The van der Waals surface area contributed by atoms with Crippen molar-refractivity contribution in [2.24, 2.45) is 0 Å². The van der Waals surface area contributed by atoms with Crippen LogP contribution in [-0.2, 0) is 4.74 Å². The molecule has 29 heavy (non-hydrogen) atoms. The van der Waals surface area contributed by atoms with Crippen molar-refractivity contribution in [1.82, 2.24) is 20.1 Å². The standard InChI is InChI=1S/C20H21N5O3S/c1-2-28-20(27)14-5-6-18(21-13-14)24-7-9-25(10-8-24)19(26)16-12-15(22-23-16)17-4-3-11-29-17/h3-6,11-13H,2,7-10H2,1H3,(H,22,23). The van der Waals surface area contributed by atoms with Crippen molar-refractivity contribution in [2.75, 3.05) is 37.7 Å². The highest BCUT2D eigenvalue weighted by Gasteiger charge is 2.25. The number of nitrogens with zero attached hydrogens (tertiary/aromatic N) is 4. The van der Waals surface area contributed by atoms with Crippen LogP contribution < -0.4 is 4.90 Å². The molecule has 3 aromatic heterocycles. The quantitative estimate of drug-likeness (QED) is 0.649. The minimum absolute atomic E-state index is 0.0747. The van der Waals surface area contributed by atoms with Crippen molar-refractivity contribution in [1.29, 1.82) is 0 Å². The number of ether oxygens (including phenoxy) is 1. The van der Waals surface area contributed by atoms with E-state index in [4.69, 9.17) is 4.74 Å². The Morgan fingerprint density at radius 1 is 1.21 bits per heavy atom. The number of aromatic amines is 1. The number of nitrogens with one attached hydrogen (secondary N) is 1. The number of carbonyl (C=O) groups is 2. The van der Waals surface area contributed by atoms with E-state index in [1.54, 1.807) is 35.3 Å². The largest absolute Gasteiger partial charge is 0.462 e. The normalized spacial score (nSPS) is 14.1. The Morgan fingerprint density at radius 3 is 2.69 bits per heavy atom. The van der Waals surface area contributed by atoms with Gasteiger partial charge in [0.1, 0.15) is 5.82 Å². The molecule has 1 aliphatic heterocycles. The summed E-state index contributed by atoms with van der Waals surface area (Å²) in [5.74, 6) is 0.335. The van der Waals surface area contributed by atoms with Gasteiger partial charge >= 0.3 is 5.97 Å². The molecule has 1 amide bonds. The predicted molar refractivity (Wildman–Crippen MR) is 110 cm³/mol. The molecule has 0 saturated carbocycles. The smallest absolute Gasteiger partial charge is 0.339 e. The first-order valence-electron chi connectivity index (χ1n) is 9.42. The van der Waals surface area contributed by atoms with Crippen LogP contribution in [0, 0.1) is 0 Å². The molecule has 150 valence electrons. The Hall–Kier alpha value is -3.20. The van der Waals surface area contributed by atoms with Gasteiger partial charge in [0.2, 0.25) is 0 Å². The molecular weight excluding hydrogens is 390 g/mol. The van der Waals surface area contributed by atoms with Crippen molar-refractivity contribution < 1.29 is 14.3 Å². The Balaban J connectivity index is 1.35. The van der Waals surface area contributed by atoms with E-state index in [2.05, 4.69) is 20.1 Å². The van der Waals surface area contributed by atoms with Crippen molar-refractivity contribution in [3.63, 3.8) is 0 Å². The zero-order chi connectivity index (χ0) is 20.2. The van der Waals surface area contributed by atoms with Crippen LogP contribution >= 0.6 is 11.3 Å². The third-order valence-electron chi connectivity index (χ3n) is 4.73. The molecule has 1 fully saturated rings. The first-order chi connectivity index (χ1) is 14.2. The molecule has 0 radical (unpaired) electrons. The van der Waals surface area contributed by atoms with Gasteiger partial charge in [-0.05, 0) is 36.6 Å². The molecule has 1 aliphatic rings. The molecule has 4 rings (SSSR count). The highest BCUT2D eigenvalue weighted by atomic mass is 32.1. The summed E-state index contributed by atoms with van der Waals surface area (Å²) < 4.78 is 4.98. The van der Waals surface area contributed by atoms with Gasteiger partial charge in [-0.15, -0.1) is 11.3 Å². The van der Waals surface area contributed by atoms with Crippen LogP contribution in [0.4, 0.5) is 5.82 Å². The van der Waals surface area contributed by atoms with E-state index in [1.807, 2.05) is 23.6 Å². The number of hydrogen-bond acceptors (Lipinski definition) is 7. The first-order valence-corrected chi connectivity index (χ1v) is 10.3. The van der Waals surface area contributed by atoms with Crippen molar-refractivity contribution in [3.8, 4) is 10.6 Å². The molecular formula is C20H21N5O3S. The molecule has 0 atom stereocenters. The Labute approximate surface area is 172 Å². The summed E-state index contributed by atoms with van der Waals surface area (Å²) in [5, 5.41) is 9.12. The lowest BCUT2D eigenvalue weighted by atomic mass is 10.2. The van der Waals surface area contributed by atoms with Crippen LogP contribution in [0.1, 0.15) is 27.8 Å². The fourth-order valence-corrected chi connectivity index (χ4v) is 3.89. The van der Waals surface area contributed by atoms with Gasteiger partial charge in [-0.3, -0.25) is 9.89 Å². The van der Waals surface area contributed by atoms with Gasteiger partial charge in [0.05, 0.1) is 22.7 Å².